The van der Waals surface area contributed by atoms with Crippen LogP contribution < -0.4 is 5.32 Å². The van der Waals surface area contributed by atoms with Gasteiger partial charge in [-0.2, -0.15) is 0 Å². The molecule has 0 saturated heterocycles. The van der Waals surface area contributed by atoms with Crippen molar-refractivity contribution in [2.75, 3.05) is 0 Å². The van der Waals surface area contributed by atoms with Crippen LogP contribution in [0.1, 0.15) is 30.7 Å². The highest BCUT2D eigenvalue weighted by atomic mass is 19.1. The van der Waals surface area contributed by atoms with Gasteiger partial charge in [-0.1, -0.05) is 24.6 Å². The van der Waals surface area contributed by atoms with E-state index in [2.05, 4.69) is 10.3 Å². The SMILES string of the molecule is Cn1ccnc1CNC(=O)C1(c2ccccc2F)CCC1. The van der Waals surface area contributed by atoms with Gasteiger partial charge in [-0.3, -0.25) is 4.79 Å². The number of nitrogens with one attached hydrogen (secondary N) is 1. The summed E-state index contributed by atoms with van der Waals surface area (Å²) in [6.07, 6.45) is 5.86. The molecular formula is C16H18FN3O. The Hall–Kier alpha value is -2.17. The second-order valence-corrected chi connectivity index (χ2v) is 5.55. The van der Waals surface area contributed by atoms with Crippen molar-refractivity contribution in [2.24, 2.45) is 7.05 Å². The number of amides is 1. The van der Waals surface area contributed by atoms with E-state index in [1.54, 1.807) is 24.4 Å². The Bertz CT molecular complexity index is 661. The zero-order chi connectivity index (χ0) is 14.9. The number of aryl methyl sites for hydroxylation is 1. The molecule has 0 spiro atoms. The van der Waals surface area contributed by atoms with Gasteiger partial charge in [0.05, 0.1) is 12.0 Å². The first kappa shape index (κ1) is 13.8. The van der Waals surface area contributed by atoms with Crippen LogP contribution in [0.15, 0.2) is 36.7 Å². The van der Waals surface area contributed by atoms with E-state index in [1.807, 2.05) is 17.8 Å². The van der Waals surface area contributed by atoms with Crippen molar-refractivity contribution in [3.05, 3.63) is 53.9 Å². The Kier molecular flexibility index (Phi) is 3.49. The average Bonchev–Trinajstić information content (AvgIpc) is 2.83. The van der Waals surface area contributed by atoms with Crippen LogP contribution in [0.4, 0.5) is 4.39 Å². The van der Waals surface area contributed by atoms with Crippen LogP contribution in [0, 0.1) is 5.82 Å². The van der Waals surface area contributed by atoms with E-state index in [4.69, 9.17) is 0 Å². The minimum absolute atomic E-state index is 0.109. The molecule has 3 rings (SSSR count). The summed E-state index contributed by atoms with van der Waals surface area (Å²) in [5.74, 6) is 0.373. The summed E-state index contributed by atoms with van der Waals surface area (Å²) in [6.45, 7) is 0.360. The number of hydrogen-bond donors (Lipinski definition) is 1. The fourth-order valence-corrected chi connectivity index (χ4v) is 2.89. The molecule has 2 aromatic rings. The second-order valence-electron chi connectivity index (χ2n) is 5.55. The van der Waals surface area contributed by atoms with Gasteiger partial charge in [-0.15, -0.1) is 0 Å². The molecule has 1 N–H and O–H groups in total. The molecule has 1 aromatic heterocycles. The molecule has 1 aliphatic rings. The van der Waals surface area contributed by atoms with Crippen molar-refractivity contribution in [3.63, 3.8) is 0 Å². The van der Waals surface area contributed by atoms with Crippen molar-refractivity contribution in [1.82, 2.24) is 14.9 Å². The standard InChI is InChI=1S/C16H18FN3O/c1-20-10-9-18-14(20)11-19-15(21)16(7-4-8-16)12-5-2-3-6-13(12)17/h2-3,5-6,9-10H,4,7-8,11H2,1H3,(H,19,21). The molecule has 1 saturated carbocycles. The van der Waals surface area contributed by atoms with Gasteiger partial charge in [0.1, 0.15) is 11.6 Å². The summed E-state index contributed by atoms with van der Waals surface area (Å²) in [4.78, 5) is 16.8. The third kappa shape index (κ3) is 2.33. The van der Waals surface area contributed by atoms with Crippen LogP contribution in [0.25, 0.3) is 0 Å². The van der Waals surface area contributed by atoms with Gasteiger partial charge in [-0.25, -0.2) is 9.37 Å². The van der Waals surface area contributed by atoms with E-state index < -0.39 is 5.41 Å². The molecule has 0 atom stereocenters. The molecule has 0 radical (unpaired) electrons. The number of benzene rings is 1. The maximum atomic E-state index is 14.0. The van der Waals surface area contributed by atoms with Gasteiger partial charge in [0.2, 0.25) is 5.91 Å². The minimum Gasteiger partial charge on any atom is -0.348 e. The van der Waals surface area contributed by atoms with Crippen molar-refractivity contribution in [2.45, 2.75) is 31.2 Å². The number of rotatable bonds is 4. The highest BCUT2D eigenvalue weighted by Gasteiger charge is 2.47. The summed E-state index contributed by atoms with van der Waals surface area (Å²) in [6, 6.07) is 6.57. The van der Waals surface area contributed by atoms with E-state index in [9.17, 15) is 9.18 Å². The van der Waals surface area contributed by atoms with Crippen LogP contribution in [-0.2, 0) is 23.8 Å². The first-order chi connectivity index (χ1) is 10.1. The van der Waals surface area contributed by atoms with E-state index in [0.29, 0.717) is 24.9 Å². The number of halogens is 1. The number of carbonyl (C=O) groups excluding carboxylic acids is 1. The minimum atomic E-state index is -0.712. The Morgan fingerprint density at radius 1 is 1.43 bits per heavy atom. The van der Waals surface area contributed by atoms with E-state index >= 15 is 0 Å². The highest BCUT2D eigenvalue weighted by Crippen LogP contribution is 2.44. The number of hydrogen-bond acceptors (Lipinski definition) is 2. The van der Waals surface area contributed by atoms with Gasteiger partial charge in [-0.05, 0) is 18.9 Å². The summed E-state index contributed by atoms with van der Waals surface area (Å²) in [7, 11) is 1.88. The molecule has 1 aliphatic carbocycles. The molecule has 1 heterocycles. The van der Waals surface area contributed by atoms with Crippen LogP contribution in [-0.4, -0.2) is 15.5 Å². The predicted molar refractivity (Wildman–Crippen MR) is 77.0 cm³/mol. The topological polar surface area (TPSA) is 46.9 Å². The number of nitrogens with zero attached hydrogens (tertiary/aromatic N) is 2. The molecule has 1 amide bonds. The van der Waals surface area contributed by atoms with Crippen LogP contribution in [0.3, 0.4) is 0 Å². The van der Waals surface area contributed by atoms with E-state index in [-0.39, 0.29) is 11.7 Å². The maximum Gasteiger partial charge on any atom is 0.231 e. The van der Waals surface area contributed by atoms with Gasteiger partial charge in [0, 0.05) is 25.0 Å². The van der Waals surface area contributed by atoms with Crippen LogP contribution in [0.5, 0.6) is 0 Å². The van der Waals surface area contributed by atoms with Crippen molar-refractivity contribution >= 4 is 5.91 Å². The van der Waals surface area contributed by atoms with Gasteiger partial charge < -0.3 is 9.88 Å². The monoisotopic (exact) mass is 287 g/mol. The lowest BCUT2D eigenvalue weighted by molar-refractivity contribution is -0.130. The number of carbonyl (C=O) groups is 1. The first-order valence-corrected chi connectivity index (χ1v) is 7.13. The van der Waals surface area contributed by atoms with Gasteiger partial charge in [0.15, 0.2) is 0 Å². The molecule has 0 aliphatic heterocycles. The number of aromatic nitrogens is 2. The van der Waals surface area contributed by atoms with Crippen molar-refractivity contribution < 1.29 is 9.18 Å². The van der Waals surface area contributed by atoms with E-state index in [1.165, 1.54) is 6.07 Å². The maximum absolute atomic E-state index is 14.0. The highest BCUT2D eigenvalue weighted by molar-refractivity contribution is 5.89. The van der Waals surface area contributed by atoms with Crippen LogP contribution >= 0.6 is 0 Å². The number of imidazole rings is 1. The second kappa shape index (κ2) is 5.31. The van der Waals surface area contributed by atoms with Gasteiger partial charge in [0.25, 0.3) is 0 Å². The van der Waals surface area contributed by atoms with E-state index in [0.717, 1.165) is 12.2 Å². The quantitative estimate of drug-likeness (QED) is 0.938. The third-order valence-electron chi connectivity index (χ3n) is 4.36. The molecule has 0 bridgehead atoms. The summed E-state index contributed by atoms with van der Waals surface area (Å²) < 4.78 is 15.9. The fourth-order valence-electron chi connectivity index (χ4n) is 2.89. The molecule has 110 valence electrons. The summed E-state index contributed by atoms with van der Waals surface area (Å²) in [5.41, 5.74) is -0.204. The zero-order valence-corrected chi connectivity index (χ0v) is 12.0. The molecule has 1 aromatic carbocycles. The zero-order valence-electron chi connectivity index (χ0n) is 12.0. The van der Waals surface area contributed by atoms with Gasteiger partial charge >= 0.3 is 0 Å². The van der Waals surface area contributed by atoms with Crippen molar-refractivity contribution in [3.8, 4) is 0 Å². The largest absolute Gasteiger partial charge is 0.348 e. The summed E-state index contributed by atoms with van der Waals surface area (Å²) >= 11 is 0. The lowest BCUT2D eigenvalue weighted by Gasteiger charge is -2.40. The first-order valence-electron chi connectivity index (χ1n) is 7.13. The smallest absolute Gasteiger partial charge is 0.231 e. The molecular weight excluding hydrogens is 269 g/mol. The molecule has 21 heavy (non-hydrogen) atoms. The third-order valence-corrected chi connectivity index (χ3v) is 4.36. The van der Waals surface area contributed by atoms with Crippen LogP contribution in [0.2, 0.25) is 0 Å². The average molecular weight is 287 g/mol. The lowest BCUT2D eigenvalue weighted by Crippen LogP contribution is -2.49. The Morgan fingerprint density at radius 2 is 2.19 bits per heavy atom. The Labute approximate surface area is 123 Å². The fraction of sp³-hybridized carbons (Fsp3) is 0.375. The predicted octanol–water partition coefficient (Wildman–Crippen LogP) is 2.30. The Balaban J connectivity index is 1.78. The molecule has 0 unspecified atom stereocenters. The summed E-state index contributed by atoms with van der Waals surface area (Å²) in [5, 5.41) is 2.91. The Morgan fingerprint density at radius 3 is 2.76 bits per heavy atom. The lowest BCUT2D eigenvalue weighted by atomic mass is 9.63. The molecule has 1 fully saturated rings. The normalized spacial score (nSPS) is 16.3. The molecule has 5 heteroatoms. The molecule has 4 nitrogen and oxygen atoms in total. The van der Waals surface area contributed by atoms with Crippen molar-refractivity contribution in [1.29, 1.82) is 0 Å².